The van der Waals surface area contributed by atoms with Crippen LogP contribution in [0.1, 0.15) is 19.4 Å². The molecule has 0 amide bonds. The number of halogens is 2. The van der Waals surface area contributed by atoms with Crippen molar-refractivity contribution in [2.24, 2.45) is 5.41 Å². The van der Waals surface area contributed by atoms with Crippen molar-refractivity contribution < 1.29 is 14.3 Å². The van der Waals surface area contributed by atoms with Crippen LogP contribution >= 0.6 is 11.6 Å². The van der Waals surface area contributed by atoms with Gasteiger partial charge in [0.2, 0.25) is 0 Å². The van der Waals surface area contributed by atoms with Gasteiger partial charge in [-0.25, -0.2) is 4.39 Å². The molecule has 1 aromatic carbocycles. The van der Waals surface area contributed by atoms with E-state index in [9.17, 15) is 9.18 Å². The summed E-state index contributed by atoms with van der Waals surface area (Å²) in [7, 11) is 0. The molecule has 1 rings (SSSR count). The Morgan fingerprint density at radius 3 is 2.60 bits per heavy atom. The molecule has 82 valence electrons. The smallest absolute Gasteiger partial charge is 0.309 e. The van der Waals surface area contributed by atoms with Crippen molar-refractivity contribution in [1.82, 2.24) is 0 Å². The van der Waals surface area contributed by atoms with Crippen LogP contribution in [0.3, 0.4) is 0 Å². The van der Waals surface area contributed by atoms with E-state index >= 15 is 0 Å². The zero-order valence-electron chi connectivity index (χ0n) is 8.55. The van der Waals surface area contributed by atoms with Crippen LogP contribution in [0.15, 0.2) is 18.2 Å². The Hall–Kier alpha value is -1.09. The minimum Gasteiger partial charge on any atom is -0.481 e. The summed E-state index contributed by atoms with van der Waals surface area (Å²) in [6.45, 7) is 3.12. The molecule has 0 spiro atoms. The summed E-state index contributed by atoms with van der Waals surface area (Å²) >= 11 is 5.59. The van der Waals surface area contributed by atoms with Crippen molar-refractivity contribution in [2.45, 2.75) is 20.3 Å². The third kappa shape index (κ3) is 2.93. The van der Waals surface area contributed by atoms with Crippen molar-refractivity contribution in [3.05, 3.63) is 34.6 Å². The highest BCUT2D eigenvalue weighted by atomic mass is 35.5. The summed E-state index contributed by atoms with van der Waals surface area (Å²) in [6, 6.07) is 4.26. The largest absolute Gasteiger partial charge is 0.481 e. The number of carbonyl (C=O) groups is 1. The van der Waals surface area contributed by atoms with Crippen molar-refractivity contribution in [1.29, 1.82) is 0 Å². The van der Waals surface area contributed by atoms with Crippen LogP contribution in [0.4, 0.5) is 4.39 Å². The maximum Gasteiger partial charge on any atom is 0.309 e. The fourth-order valence-corrected chi connectivity index (χ4v) is 1.38. The van der Waals surface area contributed by atoms with E-state index in [4.69, 9.17) is 16.7 Å². The first-order chi connectivity index (χ1) is 6.83. The lowest BCUT2D eigenvalue weighted by Gasteiger charge is -2.19. The van der Waals surface area contributed by atoms with Crippen LogP contribution in [0.25, 0.3) is 0 Å². The van der Waals surface area contributed by atoms with Gasteiger partial charge in [-0.3, -0.25) is 4.79 Å². The van der Waals surface area contributed by atoms with Crippen molar-refractivity contribution in [2.75, 3.05) is 0 Å². The molecule has 0 saturated heterocycles. The molecule has 0 aromatic heterocycles. The third-order valence-corrected chi connectivity index (χ3v) is 2.46. The number of hydrogen-bond acceptors (Lipinski definition) is 1. The highest BCUT2D eigenvalue weighted by Gasteiger charge is 2.28. The molecule has 0 heterocycles. The van der Waals surface area contributed by atoms with Gasteiger partial charge in [-0.05, 0) is 38.0 Å². The molecule has 0 saturated carbocycles. The van der Waals surface area contributed by atoms with E-state index in [-0.39, 0.29) is 6.42 Å². The summed E-state index contributed by atoms with van der Waals surface area (Å²) in [4.78, 5) is 10.9. The van der Waals surface area contributed by atoms with E-state index in [1.54, 1.807) is 19.9 Å². The number of hydrogen-bond donors (Lipinski definition) is 1. The quantitative estimate of drug-likeness (QED) is 0.866. The molecule has 0 radical (unpaired) electrons. The number of carboxylic acid groups (broad SMARTS) is 1. The first-order valence-corrected chi connectivity index (χ1v) is 4.88. The first kappa shape index (κ1) is 12.0. The summed E-state index contributed by atoms with van der Waals surface area (Å²) in [5, 5.41) is 9.21. The fraction of sp³-hybridized carbons (Fsp3) is 0.364. The average molecular weight is 231 g/mol. The Bertz CT molecular complexity index is 388. The Kier molecular flexibility index (Phi) is 3.35. The molecular formula is C11H12ClFO2. The highest BCUT2D eigenvalue weighted by molar-refractivity contribution is 6.30. The van der Waals surface area contributed by atoms with Gasteiger partial charge in [0.05, 0.1) is 5.41 Å². The predicted molar refractivity (Wildman–Crippen MR) is 56.5 cm³/mol. The van der Waals surface area contributed by atoms with E-state index in [1.807, 2.05) is 0 Å². The standard InChI is InChI=1S/C11H12ClFO2/c1-11(2,10(14)15)6-7-3-4-8(12)5-9(7)13/h3-5H,6H2,1-2H3,(H,14,15). The molecule has 4 heteroatoms. The molecule has 1 N–H and O–H groups in total. The normalized spacial score (nSPS) is 11.5. The second kappa shape index (κ2) is 4.19. The van der Waals surface area contributed by atoms with Crippen LogP contribution in [0.2, 0.25) is 5.02 Å². The van der Waals surface area contributed by atoms with Gasteiger partial charge in [-0.2, -0.15) is 0 Å². The number of benzene rings is 1. The lowest BCUT2D eigenvalue weighted by Crippen LogP contribution is -2.26. The maximum atomic E-state index is 13.4. The SMILES string of the molecule is CC(C)(Cc1ccc(Cl)cc1F)C(=O)O. The van der Waals surface area contributed by atoms with Gasteiger partial charge in [0.15, 0.2) is 0 Å². The van der Waals surface area contributed by atoms with Gasteiger partial charge >= 0.3 is 5.97 Å². The zero-order chi connectivity index (χ0) is 11.6. The molecule has 0 aliphatic rings. The highest BCUT2D eigenvalue weighted by Crippen LogP contribution is 2.25. The second-order valence-corrected chi connectivity index (χ2v) is 4.54. The van der Waals surface area contributed by atoms with Gasteiger partial charge < -0.3 is 5.11 Å². The average Bonchev–Trinajstić information content (AvgIpc) is 2.09. The van der Waals surface area contributed by atoms with Crippen LogP contribution in [0.5, 0.6) is 0 Å². The first-order valence-electron chi connectivity index (χ1n) is 4.50. The van der Waals surface area contributed by atoms with E-state index in [0.29, 0.717) is 10.6 Å². The zero-order valence-corrected chi connectivity index (χ0v) is 9.31. The topological polar surface area (TPSA) is 37.3 Å². The van der Waals surface area contributed by atoms with Crippen LogP contribution in [0, 0.1) is 11.2 Å². The van der Waals surface area contributed by atoms with Crippen molar-refractivity contribution in [3.8, 4) is 0 Å². The fourth-order valence-electron chi connectivity index (χ4n) is 1.22. The number of aliphatic carboxylic acids is 1. The van der Waals surface area contributed by atoms with E-state index < -0.39 is 17.2 Å². The molecule has 0 bridgehead atoms. The minimum atomic E-state index is -0.978. The number of rotatable bonds is 3. The summed E-state index contributed by atoms with van der Waals surface area (Å²) in [5.74, 6) is -1.41. The Morgan fingerprint density at radius 2 is 2.13 bits per heavy atom. The number of carboxylic acids is 1. The van der Waals surface area contributed by atoms with Crippen LogP contribution in [-0.2, 0) is 11.2 Å². The van der Waals surface area contributed by atoms with Gasteiger partial charge in [0, 0.05) is 5.02 Å². The Morgan fingerprint density at radius 1 is 1.53 bits per heavy atom. The molecule has 15 heavy (non-hydrogen) atoms. The second-order valence-electron chi connectivity index (χ2n) is 4.10. The van der Waals surface area contributed by atoms with Gasteiger partial charge in [-0.1, -0.05) is 17.7 Å². The van der Waals surface area contributed by atoms with Gasteiger partial charge in [-0.15, -0.1) is 0 Å². The molecule has 0 fully saturated rings. The summed E-state index contributed by atoms with van der Waals surface area (Å²) in [6.07, 6.45) is 0.144. The van der Waals surface area contributed by atoms with E-state index in [1.165, 1.54) is 12.1 Å². The van der Waals surface area contributed by atoms with Crippen LogP contribution < -0.4 is 0 Å². The van der Waals surface area contributed by atoms with E-state index in [0.717, 1.165) is 0 Å². The predicted octanol–water partition coefficient (Wildman–Crippen LogP) is 3.13. The van der Waals surface area contributed by atoms with Crippen molar-refractivity contribution in [3.63, 3.8) is 0 Å². The molecule has 0 aliphatic carbocycles. The molecule has 0 unspecified atom stereocenters. The summed E-state index contributed by atoms with van der Waals surface area (Å²) in [5.41, 5.74) is -0.610. The molecule has 0 atom stereocenters. The lowest BCUT2D eigenvalue weighted by atomic mass is 9.86. The molecule has 2 nitrogen and oxygen atoms in total. The molecular weight excluding hydrogens is 219 g/mol. The van der Waals surface area contributed by atoms with Gasteiger partial charge in [0.1, 0.15) is 5.82 Å². The third-order valence-electron chi connectivity index (χ3n) is 2.23. The van der Waals surface area contributed by atoms with Crippen molar-refractivity contribution >= 4 is 17.6 Å². The summed E-state index contributed by atoms with van der Waals surface area (Å²) < 4.78 is 13.4. The van der Waals surface area contributed by atoms with Gasteiger partial charge in [0.25, 0.3) is 0 Å². The molecule has 1 aromatic rings. The minimum absolute atomic E-state index is 0.144. The monoisotopic (exact) mass is 230 g/mol. The molecule has 0 aliphatic heterocycles. The maximum absolute atomic E-state index is 13.4. The lowest BCUT2D eigenvalue weighted by molar-refractivity contribution is -0.146. The Labute approximate surface area is 92.7 Å². The van der Waals surface area contributed by atoms with E-state index in [2.05, 4.69) is 0 Å². The Balaban J connectivity index is 2.95. The van der Waals surface area contributed by atoms with Crippen LogP contribution in [-0.4, -0.2) is 11.1 Å².